The molecule has 1 N–H and O–H groups in total. The number of thiophene rings is 1. The molecule has 6 heteroatoms. The number of rotatable bonds is 5. The number of carbonyl (C=O) groups is 1. The SMILES string of the molecule is Cc1ccsc1/C=N\NC(=O)Cc1nc(-c2ccccc2)cs1. The summed E-state index contributed by atoms with van der Waals surface area (Å²) in [5.74, 6) is -0.163. The molecule has 23 heavy (non-hydrogen) atoms. The van der Waals surface area contributed by atoms with Crippen molar-refractivity contribution in [1.82, 2.24) is 10.4 Å². The predicted octanol–water partition coefficient (Wildman–Crippen LogP) is 3.87. The Labute approximate surface area is 142 Å². The molecule has 1 aromatic carbocycles. The van der Waals surface area contributed by atoms with Crippen LogP contribution in [0.3, 0.4) is 0 Å². The molecule has 2 aromatic heterocycles. The monoisotopic (exact) mass is 341 g/mol. The maximum atomic E-state index is 11.9. The number of hydrogen-bond acceptors (Lipinski definition) is 5. The third-order valence-corrected chi connectivity index (χ3v) is 5.01. The van der Waals surface area contributed by atoms with E-state index in [1.54, 1.807) is 17.6 Å². The topological polar surface area (TPSA) is 54.4 Å². The van der Waals surface area contributed by atoms with Crippen LogP contribution in [-0.4, -0.2) is 17.1 Å². The summed E-state index contributed by atoms with van der Waals surface area (Å²) in [5, 5.41) is 8.75. The molecule has 4 nitrogen and oxygen atoms in total. The number of amides is 1. The standard InChI is InChI=1S/C17H15N3OS2/c1-12-7-8-22-15(12)10-18-20-16(21)9-17-19-14(11-23-17)13-5-3-2-4-6-13/h2-8,10-11H,9H2,1H3,(H,20,21)/b18-10-. The van der Waals surface area contributed by atoms with Crippen molar-refractivity contribution in [3.63, 3.8) is 0 Å². The quantitative estimate of drug-likeness (QED) is 0.566. The first-order chi connectivity index (χ1) is 11.2. The average Bonchev–Trinajstić information content (AvgIpc) is 3.18. The van der Waals surface area contributed by atoms with Gasteiger partial charge in [-0.15, -0.1) is 22.7 Å². The molecule has 0 saturated carbocycles. The summed E-state index contributed by atoms with van der Waals surface area (Å²) in [5.41, 5.74) is 5.66. The second-order valence-electron chi connectivity index (χ2n) is 4.93. The first-order valence-electron chi connectivity index (χ1n) is 7.08. The molecule has 1 amide bonds. The summed E-state index contributed by atoms with van der Waals surface area (Å²) in [6.07, 6.45) is 1.91. The van der Waals surface area contributed by atoms with Crippen molar-refractivity contribution in [1.29, 1.82) is 0 Å². The van der Waals surface area contributed by atoms with Gasteiger partial charge in [-0.1, -0.05) is 30.3 Å². The molecule has 2 heterocycles. The molecular formula is C17H15N3OS2. The molecule has 0 aliphatic carbocycles. The van der Waals surface area contributed by atoms with Gasteiger partial charge in [0.2, 0.25) is 5.91 Å². The fraction of sp³-hybridized carbons (Fsp3) is 0.118. The van der Waals surface area contributed by atoms with E-state index >= 15 is 0 Å². The molecular weight excluding hydrogens is 326 g/mol. The normalized spacial score (nSPS) is 11.0. The van der Waals surface area contributed by atoms with Gasteiger partial charge in [-0.3, -0.25) is 4.79 Å². The molecule has 0 unspecified atom stereocenters. The van der Waals surface area contributed by atoms with Crippen LogP contribution in [0, 0.1) is 6.92 Å². The number of benzene rings is 1. The molecule has 0 aliphatic heterocycles. The van der Waals surface area contributed by atoms with Gasteiger partial charge in [-0.05, 0) is 23.9 Å². The van der Waals surface area contributed by atoms with Gasteiger partial charge in [-0.25, -0.2) is 10.4 Å². The molecule has 0 saturated heterocycles. The zero-order valence-electron chi connectivity index (χ0n) is 12.5. The highest BCUT2D eigenvalue weighted by molar-refractivity contribution is 7.11. The van der Waals surface area contributed by atoms with Gasteiger partial charge in [-0.2, -0.15) is 5.10 Å². The Hall–Kier alpha value is -2.31. The molecule has 0 aliphatic rings. The van der Waals surface area contributed by atoms with E-state index in [1.165, 1.54) is 11.3 Å². The Morgan fingerprint density at radius 3 is 2.83 bits per heavy atom. The number of nitrogens with one attached hydrogen (secondary N) is 1. The third-order valence-electron chi connectivity index (χ3n) is 3.21. The highest BCUT2D eigenvalue weighted by Gasteiger charge is 2.08. The number of aryl methyl sites for hydroxylation is 1. The second-order valence-corrected chi connectivity index (χ2v) is 6.82. The van der Waals surface area contributed by atoms with Crippen LogP contribution in [0.4, 0.5) is 0 Å². The minimum atomic E-state index is -0.163. The van der Waals surface area contributed by atoms with E-state index in [4.69, 9.17) is 0 Å². The van der Waals surface area contributed by atoms with Crippen LogP contribution in [0.15, 0.2) is 52.3 Å². The van der Waals surface area contributed by atoms with Gasteiger partial charge < -0.3 is 0 Å². The van der Waals surface area contributed by atoms with Gasteiger partial charge in [0, 0.05) is 15.8 Å². The molecule has 0 radical (unpaired) electrons. The van der Waals surface area contributed by atoms with Crippen LogP contribution in [0.1, 0.15) is 15.4 Å². The fourth-order valence-electron chi connectivity index (χ4n) is 1.99. The van der Waals surface area contributed by atoms with Crippen molar-refractivity contribution in [3.05, 3.63) is 62.6 Å². The second kappa shape index (κ2) is 7.30. The lowest BCUT2D eigenvalue weighted by Crippen LogP contribution is -2.19. The number of nitrogens with zero attached hydrogens (tertiary/aromatic N) is 2. The smallest absolute Gasteiger partial charge is 0.246 e. The summed E-state index contributed by atoms with van der Waals surface area (Å²) >= 11 is 3.08. The van der Waals surface area contributed by atoms with E-state index in [9.17, 15) is 4.79 Å². The van der Waals surface area contributed by atoms with E-state index < -0.39 is 0 Å². The third kappa shape index (κ3) is 4.12. The number of hydrogen-bond donors (Lipinski definition) is 1. The summed E-state index contributed by atoms with van der Waals surface area (Å²) in [7, 11) is 0. The Kier molecular flexibility index (Phi) is 4.95. The molecule has 0 atom stereocenters. The predicted molar refractivity (Wildman–Crippen MR) is 96.0 cm³/mol. The van der Waals surface area contributed by atoms with Gasteiger partial charge in [0.1, 0.15) is 5.01 Å². The maximum Gasteiger partial charge on any atom is 0.246 e. The zero-order valence-corrected chi connectivity index (χ0v) is 14.2. The maximum absolute atomic E-state index is 11.9. The molecule has 0 fully saturated rings. The minimum absolute atomic E-state index is 0.163. The van der Waals surface area contributed by atoms with E-state index in [1.807, 2.05) is 54.1 Å². The first-order valence-corrected chi connectivity index (χ1v) is 8.84. The van der Waals surface area contributed by atoms with Crippen LogP contribution >= 0.6 is 22.7 Å². The van der Waals surface area contributed by atoms with Crippen LogP contribution in [-0.2, 0) is 11.2 Å². The highest BCUT2D eigenvalue weighted by atomic mass is 32.1. The van der Waals surface area contributed by atoms with Crippen molar-refractivity contribution in [2.75, 3.05) is 0 Å². The van der Waals surface area contributed by atoms with E-state index in [0.29, 0.717) is 0 Å². The first kappa shape index (κ1) is 15.6. The van der Waals surface area contributed by atoms with E-state index in [2.05, 4.69) is 15.5 Å². The average molecular weight is 341 g/mol. The van der Waals surface area contributed by atoms with Gasteiger partial charge in [0.15, 0.2) is 0 Å². The van der Waals surface area contributed by atoms with E-state index in [0.717, 1.165) is 26.7 Å². The van der Waals surface area contributed by atoms with Gasteiger partial charge in [0.05, 0.1) is 18.3 Å². The van der Waals surface area contributed by atoms with Crippen molar-refractivity contribution in [2.45, 2.75) is 13.3 Å². The highest BCUT2D eigenvalue weighted by Crippen LogP contribution is 2.21. The molecule has 3 aromatic rings. The Balaban J connectivity index is 1.57. The van der Waals surface area contributed by atoms with Crippen LogP contribution in [0.2, 0.25) is 0 Å². The van der Waals surface area contributed by atoms with Crippen molar-refractivity contribution in [3.8, 4) is 11.3 Å². The fourth-order valence-corrected chi connectivity index (χ4v) is 3.58. The molecule has 3 rings (SSSR count). The summed E-state index contributed by atoms with van der Waals surface area (Å²) in [6.45, 7) is 2.01. The summed E-state index contributed by atoms with van der Waals surface area (Å²) in [4.78, 5) is 17.5. The number of aromatic nitrogens is 1. The molecule has 0 bridgehead atoms. The van der Waals surface area contributed by atoms with E-state index in [-0.39, 0.29) is 12.3 Å². The summed E-state index contributed by atoms with van der Waals surface area (Å²) in [6, 6.07) is 12.0. The van der Waals surface area contributed by atoms with Gasteiger partial charge in [0.25, 0.3) is 0 Å². The van der Waals surface area contributed by atoms with Gasteiger partial charge >= 0.3 is 0 Å². The Morgan fingerprint density at radius 2 is 2.09 bits per heavy atom. The number of hydrazone groups is 1. The van der Waals surface area contributed by atoms with Crippen molar-refractivity contribution < 1.29 is 4.79 Å². The Bertz CT molecular complexity index is 821. The zero-order chi connectivity index (χ0) is 16.1. The van der Waals surface area contributed by atoms with Crippen LogP contribution in [0.5, 0.6) is 0 Å². The number of carbonyl (C=O) groups excluding carboxylic acids is 1. The van der Waals surface area contributed by atoms with Crippen molar-refractivity contribution in [2.24, 2.45) is 5.10 Å². The molecule has 116 valence electrons. The Morgan fingerprint density at radius 1 is 1.26 bits per heavy atom. The van der Waals surface area contributed by atoms with Crippen LogP contribution in [0.25, 0.3) is 11.3 Å². The minimum Gasteiger partial charge on any atom is -0.273 e. The number of thiazole rings is 1. The lowest BCUT2D eigenvalue weighted by Gasteiger charge is -1.97. The largest absolute Gasteiger partial charge is 0.273 e. The summed E-state index contributed by atoms with van der Waals surface area (Å²) < 4.78 is 0. The van der Waals surface area contributed by atoms with Crippen LogP contribution < -0.4 is 5.43 Å². The lowest BCUT2D eigenvalue weighted by atomic mass is 10.2. The van der Waals surface area contributed by atoms with Crippen molar-refractivity contribution >= 4 is 34.8 Å². The lowest BCUT2D eigenvalue weighted by molar-refractivity contribution is -0.120. The molecule has 0 spiro atoms.